The van der Waals surface area contributed by atoms with Crippen molar-refractivity contribution in [2.75, 3.05) is 31.6 Å². The number of nitrogens with zero attached hydrogens (tertiary/aromatic N) is 1. The van der Waals surface area contributed by atoms with Crippen LogP contribution in [0.25, 0.3) is 0 Å². The average Bonchev–Trinajstić information content (AvgIpc) is 2.27. The highest BCUT2D eigenvalue weighted by Gasteiger charge is 2.22. The Bertz CT molecular complexity index is 176. The van der Waals surface area contributed by atoms with Crippen LogP contribution in [0.4, 0.5) is 0 Å². The Morgan fingerprint density at radius 1 is 1.47 bits per heavy atom. The third-order valence-electron chi connectivity index (χ3n) is 3.71. The number of nitrogens with one attached hydrogen (secondary N) is 1. The normalized spacial score (nSPS) is 23.4. The van der Waals surface area contributed by atoms with Gasteiger partial charge in [0.25, 0.3) is 0 Å². The van der Waals surface area contributed by atoms with Crippen molar-refractivity contribution in [3.63, 3.8) is 0 Å². The van der Waals surface area contributed by atoms with Gasteiger partial charge in [-0.05, 0) is 40.3 Å². The maximum absolute atomic E-state index is 3.60. The van der Waals surface area contributed by atoms with Gasteiger partial charge < -0.3 is 10.2 Å². The fraction of sp³-hybridized carbons (Fsp3) is 1.00. The van der Waals surface area contributed by atoms with Crippen molar-refractivity contribution in [1.82, 2.24) is 10.2 Å². The van der Waals surface area contributed by atoms with Gasteiger partial charge in [0.05, 0.1) is 0 Å². The van der Waals surface area contributed by atoms with E-state index in [0.717, 1.165) is 6.04 Å². The van der Waals surface area contributed by atoms with E-state index in [1.807, 2.05) is 0 Å². The summed E-state index contributed by atoms with van der Waals surface area (Å²) in [6, 6.07) is 0.735. The number of hydrogen-bond acceptors (Lipinski definition) is 3. The SMILES string of the molecule is CCC(C)(C)N(C)CCC1CSCCN1. The lowest BCUT2D eigenvalue weighted by Gasteiger charge is -2.36. The van der Waals surface area contributed by atoms with Crippen LogP contribution in [-0.4, -0.2) is 48.1 Å². The van der Waals surface area contributed by atoms with E-state index in [0.29, 0.717) is 5.54 Å². The maximum atomic E-state index is 3.60. The first-order valence-corrected chi connectivity index (χ1v) is 7.24. The summed E-state index contributed by atoms with van der Waals surface area (Å²) in [5.41, 5.74) is 0.349. The zero-order chi connectivity index (χ0) is 11.3. The molecule has 0 aromatic carbocycles. The van der Waals surface area contributed by atoms with Gasteiger partial charge in [0.1, 0.15) is 0 Å². The van der Waals surface area contributed by atoms with Crippen molar-refractivity contribution in [1.29, 1.82) is 0 Å². The van der Waals surface area contributed by atoms with Crippen LogP contribution in [0.2, 0.25) is 0 Å². The van der Waals surface area contributed by atoms with E-state index in [-0.39, 0.29) is 0 Å². The molecule has 90 valence electrons. The summed E-state index contributed by atoms with van der Waals surface area (Å²) in [5.74, 6) is 2.58. The second kappa shape index (κ2) is 6.12. The molecule has 1 fully saturated rings. The van der Waals surface area contributed by atoms with Crippen LogP contribution in [-0.2, 0) is 0 Å². The summed E-state index contributed by atoms with van der Waals surface area (Å²) in [5, 5.41) is 3.60. The van der Waals surface area contributed by atoms with Gasteiger partial charge in [0.15, 0.2) is 0 Å². The predicted octanol–water partition coefficient (Wildman–Crippen LogP) is 2.20. The molecular formula is C12H26N2S. The zero-order valence-corrected chi connectivity index (χ0v) is 11.5. The Balaban J connectivity index is 2.23. The maximum Gasteiger partial charge on any atom is 0.0170 e. The first-order valence-electron chi connectivity index (χ1n) is 6.08. The Hall–Kier alpha value is 0.270. The molecule has 2 nitrogen and oxygen atoms in total. The molecule has 0 saturated carbocycles. The van der Waals surface area contributed by atoms with Crippen LogP contribution in [0, 0.1) is 0 Å². The van der Waals surface area contributed by atoms with Crippen LogP contribution in [0.15, 0.2) is 0 Å². The van der Waals surface area contributed by atoms with Crippen molar-refractivity contribution < 1.29 is 0 Å². The molecule has 1 atom stereocenters. The smallest absolute Gasteiger partial charge is 0.0170 e. The van der Waals surface area contributed by atoms with E-state index in [2.05, 4.69) is 49.8 Å². The minimum absolute atomic E-state index is 0.349. The van der Waals surface area contributed by atoms with Gasteiger partial charge in [-0.2, -0.15) is 11.8 Å². The molecule has 0 spiro atoms. The first kappa shape index (κ1) is 13.3. The molecule has 0 bridgehead atoms. The molecule has 3 heteroatoms. The molecule has 1 N–H and O–H groups in total. The highest BCUT2D eigenvalue weighted by Crippen LogP contribution is 2.18. The van der Waals surface area contributed by atoms with Crippen molar-refractivity contribution in [2.45, 2.75) is 45.2 Å². The van der Waals surface area contributed by atoms with E-state index in [9.17, 15) is 0 Å². The Morgan fingerprint density at radius 3 is 2.73 bits per heavy atom. The Morgan fingerprint density at radius 2 is 2.20 bits per heavy atom. The minimum Gasteiger partial charge on any atom is -0.312 e. The lowest BCUT2D eigenvalue weighted by atomic mass is 9.99. The largest absolute Gasteiger partial charge is 0.312 e. The van der Waals surface area contributed by atoms with Gasteiger partial charge >= 0.3 is 0 Å². The molecular weight excluding hydrogens is 204 g/mol. The highest BCUT2D eigenvalue weighted by atomic mass is 32.2. The monoisotopic (exact) mass is 230 g/mol. The second-order valence-corrected chi connectivity index (χ2v) is 6.25. The second-order valence-electron chi connectivity index (χ2n) is 5.10. The zero-order valence-electron chi connectivity index (χ0n) is 10.7. The number of thioether (sulfide) groups is 1. The fourth-order valence-corrected chi connectivity index (χ4v) is 2.73. The predicted molar refractivity (Wildman–Crippen MR) is 70.7 cm³/mol. The lowest BCUT2D eigenvalue weighted by molar-refractivity contribution is 0.145. The van der Waals surface area contributed by atoms with Crippen LogP contribution < -0.4 is 5.32 Å². The van der Waals surface area contributed by atoms with Crippen LogP contribution in [0.5, 0.6) is 0 Å². The van der Waals surface area contributed by atoms with Crippen molar-refractivity contribution in [2.24, 2.45) is 0 Å². The van der Waals surface area contributed by atoms with Crippen LogP contribution in [0.3, 0.4) is 0 Å². The van der Waals surface area contributed by atoms with E-state index in [4.69, 9.17) is 0 Å². The van der Waals surface area contributed by atoms with Crippen molar-refractivity contribution >= 4 is 11.8 Å². The summed E-state index contributed by atoms with van der Waals surface area (Å²) < 4.78 is 0. The molecule has 15 heavy (non-hydrogen) atoms. The van der Waals surface area contributed by atoms with E-state index >= 15 is 0 Å². The minimum atomic E-state index is 0.349. The lowest BCUT2D eigenvalue weighted by Crippen LogP contribution is -2.45. The third kappa shape index (κ3) is 4.33. The van der Waals surface area contributed by atoms with Gasteiger partial charge in [-0.15, -0.1) is 0 Å². The molecule has 0 amide bonds. The van der Waals surface area contributed by atoms with Gasteiger partial charge in [-0.3, -0.25) is 0 Å². The molecule has 0 aliphatic carbocycles. The quantitative estimate of drug-likeness (QED) is 0.779. The standard InChI is InChI=1S/C12H26N2S/c1-5-12(2,3)14(4)8-6-11-10-15-9-7-13-11/h11,13H,5-10H2,1-4H3. The number of hydrogen-bond donors (Lipinski definition) is 1. The molecule has 1 saturated heterocycles. The Labute approximate surface area is 99.2 Å². The summed E-state index contributed by atoms with van der Waals surface area (Å²) in [6.07, 6.45) is 2.50. The van der Waals surface area contributed by atoms with E-state index in [1.165, 1.54) is 37.4 Å². The van der Waals surface area contributed by atoms with E-state index in [1.54, 1.807) is 0 Å². The summed E-state index contributed by atoms with van der Waals surface area (Å²) >= 11 is 2.09. The van der Waals surface area contributed by atoms with Gasteiger partial charge in [-0.25, -0.2) is 0 Å². The fourth-order valence-electron chi connectivity index (χ4n) is 1.73. The first-order chi connectivity index (χ1) is 7.06. The molecule has 1 heterocycles. The summed E-state index contributed by atoms with van der Waals surface area (Å²) in [7, 11) is 2.25. The molecule has 0 radical (unpaired) electrons. The molecule has 1 unspecified atom stereocenters. The molecule has 1 aliphatic rings. The third-order valence-corrected chi connectivity index (χ3v) is 4.84. The van der Waals surface area contributed by atoms with Gasteiger partial charge in [0.2, 0.25) is 0 Å². The summed E-state index contributed by atoms with van der Waals surface area (Å²) in [4.78, 5) is 2.49. The topological polar surface area (TPSA) is 15.3 Å². The van der Waals surface area contributed by atoms with Crippen molar-refractivity contribution in [3.05, 3.63) is 0 Å². The van der Waals surface area contributed by atoms with E-state index < -0.39 is 0 Å². The number of rotatable bonds is 5. The van der Waals surface area contributed by atoms with Gasteiger partial charge in [-0.1, -0.05) is 6.92 Å². The highest BCUT2D eigenvalue weighted by molar-refractivity contribution is 7.99. The molecule has 0 aromatic heterocycles. The summed E-state index contributed by atoms with van der Waals surface area (Å²) in [6.45, 7) is 9.33. The van der Waals surface area contributed by atoms with Crippen LogP contribution in [0.1, 0.15) is 33.6 Å². The van der Waals surface area contributed by atoms with Crippen LogP contribution >= 0.6 is 11.8 Å². The average molecular weight is 230 g/mol. The molecule has 0 aromatic rings. The molecule has 1 aliphatic heterocycles. The van der Waals surface area contributed by atoms with Crippen molar-refractivity contribution in [3.8, 4) is 0 Å². The van der Waals surface area contributed by atoms with Gasteiger partial charge in [0, 0.05) is 29.6 Å². The molecule has 1 rings (SSSR count). The Kier molecular flexibility index (Phi) is 5.44.